The fourth-order valence-corrected chi connectivity index (χ4v) is 7.23. The lowest BCUT2D eigenvalue weighted by Crippen LogP contribution is -2.52. The Morgan fingerprint density at radius 3 is 2.55 bits per heavy atom. The van der Waals surface area contributed by atoms with E-state index in [1.807, 2.05) is 0 Å². The third-order valence-electron chi connectivity index (χ3n) is 6.10. The van der Waals surface area contributed by atoms with Gasteiger partial charge in [0.25, 0.3) is 0 Å². The van der Waals surface area contributed by atoms with E-state index < -0.39 is 32.1 Å². The molecule has 152 valence electrons. The molecule has 0 saturated heterocycles. The first-order chi connectivity index (χ1) is 13.8. The van der Waals surface area contributed by atoms with E-state index >= 15 is 4.39 Å². The molecule has 29 heavy (non-hydrogen) atoms. The lowest BCUT2D eigenvalue weighted by Gasteiger charge is -2.48. The summed E-state index contributed by atoms with van der Waals surface area (Å²) in [6, 6.07) is 9.71. The van der Waals surface area contributed by atoms with Gasteiger partial charge in [-0.3, -0.25) is 0 Å². The summed E-state index contributed by atoms with van der Waals surface area (Å²) in [4.78, 5) is 0.00199. The van der Waals surface area contributed by atoms with Gasteiger partial charge in [-0.05, 0) is 61.6 Å². The maximum Gasteiger partial charge on any atom is 0.188 e. The van der Waals surface area contributed by atoms with Crippen LogP contribution in [0.5, 0.6) is 5.75 Å². The monoisotopic (exact) mass is 437 g/mol. The fraction of sp³-hybridized carbons (Fsp3) is 0.381. The predicted octanol–water partition coefficient (Wildman–Crippen LogP) is 5.01. The summed E-state index contributed by atoms with van der Waals surface area (Å²) < 4.78 is 61.2. The summed E-state index contributed by atoms with van der Waals surface area (Å²) in [6.07, 6.45) is 1.18. The van der Waals surface area contributed by atoms with Crippen molar-refractivity contribution in [3.8, 4) is 11.8 Å². The average Bonchev–Trinajstić information content (AvgIpc) is 2.70. The number of hydrogen-bond donors (Lipinski definition) is 0. The molecule has 0 amide bonds. The molecule has 0 aromatic heterocycles. The molecule has 0 N–H and O–H groups in total. The van der Waals surface area contributed by atoms with Gasteiger partial charge in [0.05, 0.1) is 23.1 Å². The van der Waals surface area contributed by atoms with E-state index in [9.17, 15) is 12.8 Å². The normalized spacial score (nSPS) is 26.0. The van der Waals surface area contributed by atoms with Crippen molar-refractivity contribution in [1.29, 1.82) is 5.26 Å². The van der Waals surface area contributed by atoms with Crippen molar-refractivity contribution in [1.82, 2.24) is 0 Å². The number of benzene rings is 2. The van der Waals surface area contributed by atoms with Gasteiger partial charge in [0, 0.05) is 17.4 Å². The number of hydrogen-bond acceptors (Lipinski definition) is 4. The third kappa shape index (κ3) is 3.01. The molecule has 2 aliphatic rings. The smallest absolute Gasteiger partial charge is 0.188 e. The fourth-order valence-electron chi connectivity index (χ4n) is 4.74. The maximum atomic E-state index is 15.0. The van der Waals surface area contributed by atoms with Gasteiger partial charge >= 0.3 is 0 Å². The second-order valence-electron chi connectivity index (χ2n) is 7.59. The standard InChI is InChI=1S/C21H18ClF2NO3S/c22-15-1-3-16(4-2-15)29(26,27)21-9-7-13(8-10-25)11-14(21)12-28-20-18(24)6-5-17(23)19(20)21/h1-6,13-14H,7-9,11-12H2/t13?,14-,21+/m1/s1. The highest BCUT2D eigenvalue weighted by Gasteiger charge is 2.59. The van der Waals surface area contributed by atoms with E-state index in [0.717, 1.165) is 12.1 Å². The molecular formula is C21H18ClF2NO3S. The minimum atomic E-state index is -4.12. The molecule has 1 saturated carbocycles. The zero-order valence-corrected chi connectivity index (χ0v) is 16.9. The molecule has 4 rings (SSSR count). The van der Waals surface area contributed by atoms with Crippen molar-refractivity contribution in [3.63, 3.8) is 0 Å². The Bertz CT molecular complexity index is 1100. The molecule has 1 aliphatic heterocycles. The SMILES string of the molecule is N#CCC1CC[C@@]2(S(=O)(=O)c3ccc(Cl)cc3)c3c(F)ccc(F)c3OC[C@H]2C1. The van der Waals surface area contributed by atoms with E-state index in [-0.39, 0.29) is 41.6 Å². The number of rotatable bonds is 3. The van der Waals surface area contributed by atoms with Crippen LogP contribution in [0.1, 0.15) is 31.2 Å². The predicted molar refractivity (Wildman–Crippen MR) is 103 cm³/mol. The Hall–Kier alpha value is -2.17. The van der Waals surface area contributed by atoms with Crippen molar-refractivity contribution >= 4 is 21.4 Å². The van der Waals surface area contributed by atoms with Crippen LogP contribution in [0.2, 0.25) is 5.02 Å². The molecule has 3 atom stereocenters. The van der Waals surface area contributed by atoms with Gasteiger partial charge in [0.15, 0.2) is 21.4 Å². The molecule has 2 aromatic rings. The lowest BCUT2D eigenvalue weighted by atomic mass is 9.68. The van der Waals surface area contributed by atoms with Crippen LogP contribution in [0.25, 0.3) is 0 Å². The third-order valence-corrected chi connectivity index (χ3v) is 8.94. The molecule has 8 heteroatoms. The number of nitrogens with zero attached hydrogens (tertiary/aromatic N) is 1. The van der Waals surface area contributed by atoms with Gasteiger partial charge in [0.1, 0.15) is 10.6 Å². The second-order valence-corrected chi connectivity index (χ2v) is 10.2. The molecule has 4 nitrogen and oxygen atoms in total. The zero-order chi connectivity index (χ0) is 20.8. The molecule has 1 fully saturated rings. The molecular weight excluding hydrogens is 420 g/mol. The summed E-state index contributed by atoms with van der Waals surface area (Å²) >= 11 is 5.91. The topological polar surface area (TPSA) is 67.2 Å². The molecule has 0 bridgehead atoms. The largest absolute Gasteiger partial charge is 0.490 e. The summed E-state index contributed by atoms with van der Waals surface area (Å²) in [6.45, 7) is -0.0535. The van der Waals surface area contributed by atoms with Gasteiger partial charge in [-0.25, -0.2) is 17.2 Å². The Labute approximate surface area is 173 Å². The van der Waals surface area contributed by atoms with Crippen LogP contribution in [-0.4, -0.2) is 15.0 Å². The summed E-state index contributed by atoms with van der Waals surface area (Å²) in [5, 5.41) is 9.43. The average molecular weight is 438 g/mol. The Morgan fingerprint density at radius 2 is 1.86 bits per heavy atom. The van der Waals surface area contributed by atoms with Crippen molar-refractivity contribution < 1.29 is 21.9 Å². The van der Waals surface area contributed by atoms with E-state index in [2.05, 4.69) is 6.07 Å². The van der Waals surface area contributed by atoms with Crippen LogP contribution < -0.4 is 4.74 Å². The van der Waals surface area contributed by atoms with Crippen molar-refractivity contribution in [3.05, 3.63) is 58.6 Å². The van der Waals surface area contributed by atoms with Crippen molar-refractivity contribution in [2.75, 3.05) is 6.61 Å². The minimum absolute atomic E-state index is 0.00199. The number of fused-ring (bicyclic) bond motifs is 3. The van der Waals surface area contributed by atoms with Crippen LogP contribution in [-0.2, 0) is 14.6 Å². The highest BCUT2D eigenvalue weighted by atomic mass is 35.5. The van der Waals surface area contributed by atoms with Gasteiger partial charge in [0.2, 0.25) is 0 Å². The summed E-state index contributed by atoms with van der Waals surface area (Å²) in [5.74, 6) is -2.54. The first-order valence-corrected chi connectivity index (χ1v) is 11.2. The Balaban J connectivity index is 1.96. The van der Waals surface area contributed by atoms with Crippen LogP contribution >= 0.6 is 11.6 Å². The lowest BCUT2D eigenvalue weighted by molar-refractivity contribution is 0.0992. The van der Waals surface area contributed by atoms with E-state index in [0.29, 0.717) is 17.9 Å². The summed E-state index contributed by atoms with van der Waals surface area (Å²) in [5.41, 5.74) is -0.237. The van der Waals surface area contributed by atoms with E-state index in [1.54, 1.807) is 0 Å². The minimum Gasteiger partial charge on any atom is -0.490 e. The van der Waals surface area contributed by atoms with Crippen molar-refractivity contribution in [2.24, 2.45) is 11.8 Å². The molecule has 0 spiro atoms. The molecule has 1 aliphatic carbocycles. The van der Waals surface area contributed by atoms with Crippen LogP contribution in [0.4, 0.5) is 8.78 Å². The first-order valence-electron chi connectivity index (χ1n) is 9.29. The number of ether oxygens (including phenoxy) is 1. The van der Waals surface area contributed by atoms with Crippen molar-refractivity contribution in [2.45, 2.75) is 35.3 Å². The maximum absolute atomic E-state index is 15.0. The first kappa shape index (κ1) is 20.1. The van der Waals surface area contributed by atoms with E-state index in [4.69, 9.17) is 21.6 Å². The Kier molecular flexibility index (Phi) is 5.04. The van der Waals surface area contributed by atoms with E-state index in [1.165, 1.54) is 24.3 Å². The van der Waals surface area contributed by atoms with Gasteiger partial charge < -0.3 is 4.74 Å². The quantitative estimate of drug-likeness (QED) is 0.677. The Morgan fingerprint density at radius 1 is 1.17 bits per heavy atom. The molecule has 0 radical (unpaired) electrons. The second kappa shape index (κ2) is 7.26. The van der Waals surface area contributed by atoms with Gasteiger partial charge in [-0.2, -0.15) is 5.26 Å². The summed E-state index contributed by atoms with van der Waals surface area (Å²) in [7, 11) is -4.12. The molecule has 2 aromatic carbocycles. The highest BCUT2D eigenvalue weighted by Crippen LogP contribution is 2.57. The van der Waals surface area contributed by atoms with Crippen LogP contribution in [0.15, 0.2) is 41.3 Å². The molecule has 1 unspecified atom stereocenters. The number of halogens is 3. The van der Waals surface area contributed by atoms with Crippen LogP contribution in [0, 0.1) is 34.8 Å². The number of sulfone groups is 1. The zero-order valence-electron chi connectivity index (χ0n) is 15.4. The molecule has 1 heterocycles. The highest BCUT2D eigenvalue weighted by molar-refractivity contribution is 7.92. The van der Waals surface area contributed by atoms with Gasteiger partial charge in [-0.15, -0.1) is 0 Å². The van der Waals surface area contributed by atoms with Gasteiger partial charge in [-0.1, -0.05) is 11.6 Å². The van der Waals surface area contributed by atoms with Crippen LogP contribution in [0.3, 0.4) is 0 Å². The number of nitriles is 1.